The van der Waals surface area contributed by atoms with E-state index in [1.807, 2.05) is 0 Å². The number of rotatable bonds is 3. The SMILES string of the molecule is Cc1ccc(CNc2cnccc2N)cc1. The Morgan fingerprint density at radius 3 is 2.62 bits per heavy atom. The Morgan fingerprint density at radius 2 is 1.94 bits per heavy atom. The van der Waals surface area contributed by atoms with Crippen molar-refractivity contribution in [1.29, 1.82) is 0 Å². The molecule has 0 spiro atoms. The van der Waals surface area contributed by atoms with E-state index >= 15 is 0 Å². The highest BCUT2D eigenvalue weighted by molar-refractivity contribution is 5.64. The van der Waals surface area contributed by atoms with Crippen molar-refractivity contribution in [1.82, 2.24) is 4.98 Å². The zero-order chi connectivity index (χ0) is 11.4. The summed E-state index contributed by atoms with van der Waals surface area (Å²) in [7, 11) is 0. The van der Waals surface area contributed by atoms with E-state index < -0.39 is 0 Å². The third kappa shape index (κ3) is 2.51. The van der Waals surface area contributed by atoms with Crippen LogP contribution in [-0.4, -0.2) is 4.98 Å². The predicted octanol–water partition coefficient (Wildman–Crippen LogP) is 2.58. The van der Waals surface area contributed by atoms with Gasteiger partial charge in [-0.1, -0.05) is 29.8 Å². The lowest BCUT2D eigenvalue weighted by molar-refractivity contribution is 1.13. The third-order valence-electron chi connectivity index (χ3n) is 2.46. The topological polar surface area (TPSA) is 50.9 Å². The molecule has 0 atom stereocenters. The minimum absolute atomic E-state index is 0.724. The van der Waals surface area contributed by atoms with Crippen molar-refractivity contribution in [2.75, 3.05) is 11.1 Å². The summed E-state index contributed by atoms with van der Waals surface area (Å²) in [6.45, 7) is 2.84. The van der Waals surface area contributed by atoms with Gasteiger partial charge in [-0.25, -0.2) is 0 Å². The fraction of sp³-hybridized carbons (Fsp3) is 0.154. The summed E-state index contributed by atoms with van der Waals surface area (Å²) >= 11 is 0. The highest BCUT2D eigenvalue weighted by atomic mass is 14.9. The molecule has 3 nitrogen and oxygen atoms in total. The van der Waals surface area contributed by atoms with Gasteiger partial charge in [0.25, 0.3) is 0 Å². The standard InChI is InChI=1S/C13H15N3/c1-10-2-4-11(5-3-10)8-16-13-9-15-7-6-12(13)14/h2-7,9,16H,8H2,1H3,(H2,14,15). The average molecular weight is 213 g/mol. The lowest BCUT2D eigenvalue weighted by atomic mass is 10.1. The Balaban J connectivity index is 2.02. The molecule has 1 aromatic carbocycles. The van der Waals surface area contributed by atoms with Gasteiger partial charge in [0.15, 0.2) is 0 Å². The van der Waals surface area contributed by atoms with E-state index in [0.717, 1.165) is 17.9 Å². The third-order valence-corrected chi connectivity index (χ3v) is 2.46. The predicted molar refractivity (Wildman–Crippen MR) is 67.2 cm³/mol. The molecule has 1 heterocycles. The number of nitrogen functional groups attached to an aromatic ring is 1. The van der Waals surface area contributed by atoms with Crippen LogP contribution >= 0.6 is 0 Å². The number of nitrogens with one attached hydrogen (secondary N) is 1. The van der Waals surface area contributed by atoms with Crippen molar-refractivity contribution in [3.8, 4) is 0 Å². The molecule has 0 saturated carbocycles. The fourth-order valence-corrected chi connectivity index (χ4v) is 1.46. The number of hydrogen-bond acceptors (Lipinski definition) is 3. The maximum atomic E-state index is 5.81. The highest BCUT2D eigenvalue weighted by Gasteiger charge is 1.97. The molecule has 82 valence electrons. The summed E-state index contributed by atoms with van der Waals surface area (Å²) in [6.07, 6.45) is 3.43. The van der Waals surface area contributed by atoms with Crippen molar-refractivity contribution in [3.63, 3.8) is 0 Å². The number of anilines is 2. The molecule has 0 aliphatic carbocycles. The molecule has 3 heteroatoms. The maximum Gasteiger partial charge on any atom is 0.0762 e. The molecule has 0 unspecified atom stereocenters. The number of hydrogen-bond donors (Lipinski definition) is 2. The summed E-state index contributed by atoms with van der Waals surface area (Å²) in [4.78, 5) is 4.03. The zero-order valence-electron chi connectivity index (χ0n) is 9.27. The second-order valence-electron chi connectivity index (χ2n) is 3.80. The first kappa shape index (κ1) is 10.5. The second-order valence-corrected chi connectivity index (χ2v) is 3.80. The molecule has 1 aromatic heterocycles. The van der Waals surface area contributed by atoms with Gasteiger partial charge in [0, 0.05) is 12.7 Å². The van der Waals surface area contributed by atoms with Crippen LogP contribution in [-0.2, 0) is 6.54 Å². The summed E-state index contributed by atoms with van der Waals surface area (Å²) in [5.41, 5.74) is 9.91. The van der Waals surface area contributed by atoms with Crippen molar-refractivity contribution in [3.05, 3.63) is 53.9 Å². The van der Waals surface area contributed by atoms with E-state index in [1.54, 1.807) is 18.5 Å². The Morgan fingerprint density at radius 1 is 1.19 bits per heavy atom. The van der Waals surface area contributed by atoms with E-state index in [0.29, 0.717) is 0 Å². The number of aromatic nitrogens is 1. The van der Waals surface area contributed by atoms with Gasteiger partial charge < -0.3 is 11.1 Å². The summed E-state index contributed by atoms with van der Waals surface area (Å²) in [6, 6.07) is 10.2. The summed E-state index contributed by atoms with van der Waals surface area (Å²) < 4.78 is 0. The molecule has 0 saturated heterocycles. The van der Waals surface area contributed by atoms with Crippen molar-refractivity contribution >= 4 is 11.4 Å². The van der Waals surface area contributed by atoms with Gasteiger partial charge in [-0.15, -0.1) is 0 Å². The molecule has 2 aromatic rings. The smallest absolute Gasteiger partial charge is 0.0762 e. The Hall–Kier alpha value is -2.03. The van der Waals surface area contributed by atoms with Gasteiger partial charge in [0.1, 0.15) is 0 Å². The lowest BCUT2D eigenvalue weighted by Crippen LogP contribution is -2.02. The first-order chi connectivity index (χ1) is 7.75. The fourth-order valence-electron chi connectivity index (χ4n) is 1.46. The van der Waals surface area contributed by atoms with E-state index in [1.165, 1.54) is 11.1 Å². The molecule has 0 fully saturated rings. The van der Waals surface area contributed by atoms with Crippen molar-refractivity contribution in [2.24, 2.45) is 0 Å². The molecule has 0 aliphatic heterocycles. The molecule has 0 radical (unpaired) electrons. The van der Waals surface area contributed by atoms with Gasteiger partial charge in [-0.3, -0.25) is 4.98 Å². The first-order valence-corrected chi connectivity index (χ1v) is 5.24. The molecular formula is C13H15N3. The van der Waals surface area contributed by atoms with Gasteiger partial charge >= 0.3 is 0 Å². The highest BCUT2D eigenvalue weighted by Crippen LogP contribution is 2.16. The van der Waals surface area contributed by atoms with Crippen molar-refractivity contribution < 1.29 is 0 Å². The van der Waals surface area contributed by atoms with Gasteiger partial charge in [-0.05, 0) is 18.6 Å². The van der Waals surface area contributed by atoms with Crippen LogP contribution in [0.3, 0.4) is 0 Å². The second kappa shape index (κ2) is 4.66. The summed E-state index contributed by atoms with van der Waals surface area (Å²) in [5, 5.41) is 3.26. The zero-order valence-corrected chi connectivity index (χ0v) is 9.27. The van der Waals surface area contributed by atoms with Crippen LogP contribution in [0, 0.1) is 6.92 Å². The number of benzene rings is 1. The number of nitrogens with zero attached hydrogens (tertiary/aromatic N) is 1. The largest absolute Gasteiger partial charge is 0.397 e. The van der Waals surface area contributed by atoms with Gasteiger partial charge in [0.2, 0.25) is 0 Å². The first-order valence-electron chi connectivity index (χ1n) is 5.24. The minimum Gasteiger partial charge on any atom is -0.397 e. The van der Waals surface area contributed by atoms with Crippen LogP contribution in [0.4, 0.5) is 11.4 Å². The number of aryl methyl sites for hydroxylation is 1. The van der Waals surface area contributed by atoms with Crippen LogP contribution in [0.15, 0.2) is 42.7 Å². The van der Waals surface area contributed by atoms with Crippen LogP contribution in [0.25, 0.3) is 0 Å². The number of pyridine rings is 1. The minimum atomic E-state index is 0.724. The molecular weight excluding hydrogens is 198 g/mol. The Bertz CT molecular complexity index is 463. The van der Waals surface area contributed by atoms with Crippen LogP contribution in [0.5, 0.6) is 0 Å². The molecule has 3 N–H and O–H groups in total. The van der Waals surface area contributed by atoms with Crippen molar-refractivity contribution in [2.45, 2.75) is 13.5 Å². The molecule has 0 aliphatic rings. The van der Waals surface area contributed by atoms with Crippen LogP contribution in [0.1, 0.15) is 11.1 Å². The average Bonchev–Trinajstić information content (AvgIpc) is 2.30. The monoisotopic (exact) mass is 213 g/mol. The van der Waals surface area contributed by atoms with E-state index in [4.69, 9.17) is 5.73 Å². The molecule has 0 amide bonds. The van der Waals surface area contributed by atoms with Crippen LogP contribution in [0.2, 0.25) is 0 Å². The molecule has 0 bridgehead atoms. The molecule has 2 rings (SSSR count). The number of nitrogens with two attached hydrogens (primary N) is 1. The Labute approximate surface area is 95.3 Å². The maximum absolute atomic E-state index is 5.81. The van der Waals surface area contributed by atoms with Crippen LogP contribution < -0.4 is 11.1 Å². The summed E-state index contributed by atoms with van der Waals surface area (Å²) in [5.74, 6) is 0. The Kier molecular flexibility index (Phi) is 3.05. The lowest BCUT2D eigenvalue weighted by Gasteiger charge is -2.08. The van der Waals surface area contributed by atoms with E-state index in [9.17, 15) is 0 Å². The normalized spacial score (nSPS) is 10.1. The quantitative estimate of drug-likeness (QED) is 0.824. The van der Waals surface area contributed by atoms with E-state index in [-0.39, 0.29) is 0 Å². The van der Waals surface area contributed by atoms with E-state index in [2.05, 4.69) is 41.5 Å². The van der Waals surface area contributed by atoms with Gasteiger partial charge in [-0.2, -0.15) is 0 Å². The molecule has 16 heavy (non-hydrogen) atoms. The van der Waals surface area contributed by atoms with Gasteiger partial charge in [0.05, 0.1) is 17.6 Å².